The Morgan fingerprint density at radius 2 is 2.20 bits per heavy atom. The first-order chi connectivity index (χ1) is 7.13. The summed E-state index contributed by atoms with van der Waals surface area (Å²) in [7, 11) is 1.78. The molecular weight excluding hydrogens is 188 g/mol. The van der Waals surface area contributed by atoms with Gasteiger partial charge in [-0.3, -0.25) is 0 Å². The molecule has 3 heteroatoms. The number of hydrogen-bond acceptors (Lipinski definition) is 3. The van der Waals surface area contributed by atoms with E-state index < -0.39 is 0 Å². The van der Waals surface area contributed by atoms with Crippen molar-refractivity contribution in [2.45, 2.75) is 32.7 Å². The van der Waals surface area contributed by atoms with E-state index in [9.17, 15) is 0 Å². The lowest BCUT2D eigenvalue weighted by Gasteiger charge is -2.35. The van der Waals surface area contributed by atoms with E-state index in [0.717, 1.165) is 13.2 Å². The zero-order chi connectivity index (χ0) is 11.3. The van der Waals surface area contributed by atoms with Gasteiger partial charge >= 0.3 is 0 Å². The summed E-state index contributed by atoms with van der Waals surface area (Å²) < 4.78 is 5.17. The van der Waals surface area contributed by atoms with Crippen molar-refractivity contribution in [1.29, 1.82) is 0 Å². The van der Waals surface area contributed by atoms with Crippen molar-refractivity contribution in [3.63, 3.8) is 0 Å². The number of ether oxygens (including phenoxy) is 1. The second-order valence-electron chi connectivity index (χ2n) is 5.08. The fraction of sp³-hybridized carbons (Fsp3) is 1.00. The highest BCUT2D eigenvalue weighted by Crippen LogP contribution is 2.19. The average Bonchev–Trinajstić information content (AvgIpc) is 2.18. The van der Waals surface area contributed by atoms with Crippen molar-refractivity contribution >= 4 is 0 Å². The number of methoxy groups -OCH3 is 1. The lowest BCUT2D eigenvalue weighted by Crippen LogP contribution is -2.44. The highest BCUT2D eigenvalue weighted by molar-refractivity contribution is 4.79. The van der Waals surface area contributed by atoms with E-state index in [1.807, 2.05) is 0 Å². The summed E-state index contributed by atoms with van der Waals surface area (Å²) in [5.41, 5.74) is 5.97. The molecule has 0 saturated carbocycles. The molecule has 0 radical (unpaired) electrons. The molecule has 2 N–H and O–H groups in total. The molecule has 0 bridgehead atoms. The molecule has 0 aromatic heterocycles. The van der Waals surface area contributed by atoms with E-state index in [4.69, 9.17) is 10.5 Å². The molecule has 3 atom stereocenters. The molecular formula is C12H26N2O. The fourth-order valence-corrected chi connectivity index (χ4v) is 2.46. The third kappa shape index (κ3) is 4.49. The predicted octanol–water partition coefficient (Wildman–Crippen LogP) is 1.33. The molecule has 90 valence electrons. The van der Waals surface area contributed by atoms with Gasteiger partial charge in [-0.25, -0.2) is 0 Å². The van der Waals surface area contributed by atoms with Gasteiger partial charge in [0.1, 0.15) is 0 Å². The SMILES string of the molecule is COCC(C)CN1CCCC(C(C)N)C1. The lowest BCUT2D eigenvalue weighted by molar-refractivity contribution is 0.101. The molecule has 1 heterocycles. The zero-order valence-electron chi connectivity index (χ0n) is 10.4. The topological polar surface area (TPSA) is 38.5 Å². The zero-order valence-corrected chi connectivity index (χ0v) is 10.4. The van der Waals surface area contributed by atoms with E-state index in [1.165, 1.54) is 25.9 Å². The number of rotatable bonds is 5. The number of piperidine rings is 1. The molecule has 1 saturated heterocycles. The molecule has 3 unspecified atom stereocenters. The van der Waals surface area contributed by atoms with E-state index in [2.05, 4.69) is 18.7 Å². The van der Waals surface area contributed by atoms with Crippen molar-refractivity contribution < 1.29 is 4.74 Å². The van der Waals surface area contributed by atoms with Crippen LogP contribution in [0.5, 0.6) is 0 Å². The molecule has 0 spiro atoms. The number of nitrogens with zero attached hydrogens (tertiary/aromatic N) is 1. The smallest absolute Gasteiger partial charge is 0.0500 e. The summed E-state index contributed by atoms with van der Waals surface area (Å²) >= 11 is 0. The van der Waals surface area contributed by atoms with Crippen LogP contribution in [0.1, 0.15) is 26.7 Å². The van der Waals surface area contributed by atoms with E-state index >= 15 is 0 Å². The normalized spacial score (nSPS) is 27.6. The van der Waals surface area contributed by atoms with Crippen molar-refractivity contribution in [1.82, 2.24) is 4.90 Å². The molecule has 1 fully saturated rings. The molecule has 3 nitrogen and oxygen atoms in total. The molecule has 0 aliphatic carbocycles. The van der Waals surface area contributed by atoms with E-state index in [-0.39, 0.29) is 0 Å². The number of nitrogens with two attached hydrogens (primary N) is 1. The van der Waals surface area contributed by atoms with Crippen molar-refractivity contribution in [2.75, 3.05) is 33.4 Å². The summed E-state index contributed by atoms with van der Waals surface area (Å²) in [6.45, 7) is 8.80. The minimum atomic E-state index is 0.338. The van der Waals surface area contributed by atoms with Gasteiger partial charge in [0.25, 0.3) is 0 Å². The first-order valence-corrected chi connectivity index (χ1v) is 6.10. The summed E-state index contributed by atoms with van der Waals surface area (Å²) in [6, 6.07) is 0.338. The first kappa shape index (κ1) is 12.9. The van der Waals surface area contributed by atoms with Gasteiger partial charge in [-0.15, -0.1) is 0 Å². The molecule has 1 aliphatic rings. The van der Waals surface area contributed by atoms with Gasteiger partial charge in [0.05, 0.1) is 0 Å². The Kier molecular flexibility index (Phi) is 5.58. The minimum Gasteiger partial charge on any atom is -0.384 e. The minimum absolute atomic E-state index is 0.338. The molecule has 15 heavy (non-hydrogen) atoms. The maximum Gasteiger partial charge on any atom is 0.0500 e. The third-order valence-electron chi connectivity index (χ3n) is 3.31. The van der Waals surface area contributed by atoms with Crippen LogP contribution in [0.15, 0.2) is 0 Å². The van der Waals surface area contributed by atoms with Crippen LogP contribution in [0.2, 0.25) is 0 Å². The van der Waals surface area contributed by atoms with Crippen LogP contribution in [0.3, 0.4) is 0 Å². The van der Waals surface area contributed by atoms with Crippen LogP contribution in [-0.4, -0.2) is 44.3 Å². The summed E-state index contributed by atoms with van der Waals surface area (Å²) in [4.78, 5) is 2.54. The predicted molar refractivity (Wildman–Crippen MR) is 63.9 cm³/mol. The van der Waals surface area contributed by atoms with Crippen molar-refractivity contribution in [3.8, 4) is 0 Å². The standard InChI is InChI=1S/C12H26N2O/c1-10(9-15-3)7-14-6-4-5-12(8-14)11(2)13/h10-12H,4-9,13H2,1-3H3. The second-order valence-corrected chi connectivity index (χ2v) is 5.08. The van der Waals surface area contributed by atoms with Gasteiger partial charge < -0.3 is 15.4 Å². The van der Waals surface area contributed by atoms with Gasteiger partial charge in [-0.05, 0) is 38.1 Å². The van der Waals surface area contributed by atoms with E-state index in [1.54, 1.807) is 7.11 Å². The van der Waals surface area contributed by atoms with E-state index in [0.29, 0.717) is 17.9 Å². The molecule has 1 aliphatic heterocycles. The largest absolute Gasteiger partial charge is 0.384 e. The third-order valence-corrected chi connectivity index (χ3v) is 3.31. The van der Waals surface area contributed by atoms with Crippen LogP contribution in [-0.2, 0) is 4.74 Å². The highest BCUT2D eigenvalue weighted by atomic mass is 16.5. The van der Waals surface area contributed by atoms with Crippen LogP contribution >= 0.6 is 0 Å². The summed E-state index contributed by atoms with van der Waals surface area (Å²) in [6.07, 6.45) is 2.60. The maximum atomic E-state index is 5.97. The van der Waals surface area contributed by atoms with Gasteiger partial charge in [0.15, 0.2) is 0 Å². The van der Waals surface area contributed by atoms with Crippen LogP contribution in [0.4, 0.5) is 0 Å². The van der Waals surface area contributed by atoms with Gasteiger partial charge in [-0.1, -0.05) is 6.92 Å². The highest BCUT2D eigenvalue weighted by Gasteiger charge is 2.23. The number of likely N-dealkylation sites (tertiary alicyclic amines) is 1. The Hall–Kier alpha value is -0.120. The van der Waals surface area contributed by atoms with Crippen LogP contribution in [0.25, 0.3) is 0 Å². The van der Waals surface area contributed by atoms with Gasteiger partial charge in [0.2, 0.25) is 0 Å². The monoisotopic (exact) mass is 214 g/mol. The van der Waals surface area contributed by atoms with Crippen molar-refractivity contribution in [3.05, 3.63) is 0 Å². The molecule has 1 rings (SSSR count). The Morgan fingerprint density at radius 3 is 2.80 bits per heavy atom. The first-order valence-electron chi connectivity index (χ1n) is 6.10. The van der Waals surface area contributed by atoms with Crippen LogP contribution in [0, 0.1) is 11.8 Å². The number of hydrogen-bond donors (Lipinski definition) is 1. The maximum absolute atomic E-state index is 5.97. The summed E-state index contributed by atoms with van der Waals surface area (Å²) in [5, 5.41) is 0. The lowest BCUT2D eigenvalue weighted by atomic mass is 9.92. The van der Waals surface area contributed by atoms with Crippen molar-refractivity contribution in [2.24, 2.45) is 17.6 Å². The average molecular weight is 214 g/mol. The molecule has 0 aromatic carbocycles. The summed E-state index contributed by atoms with van der Waals surface area (Å²) in [5.74, 6) is 1.32. The van der Waals surface area contributed by atoms with Gasteiger partial charge in [-0.2, -0.15) is 0 Å². The van der Waals surface area contributed by atoms with Gasteiger partial charge in [0, 0.05) is 32.8 Å². The Morgan fingerprint density at radius 1 is 1.47 bits per heavy atom. The van der Waals surface area contributed by atoms with Crippen LogP contribution < -0.4 is 5.73 Å². The Bertz CT molecular complexity index is 173. The Labute approximate surface area is 94.0 Å². The quantitative estimate of drug-likeness (QED) is 0.750. The molecule has 0 aromatic rings. The molecule has 0 amide bonds. The second kappa shape index (κ2) is 6.46. The Balaban J connectivity index is 2.29. The fourth-order valence-electron chi connectivity index (χ4n) is 2.46.